The summed E-state index contributed by atoms with van der Waals surface area (Å²) in [6.45, 7) is -3.29. The molecule has 1 N–H and O–H groups in total. The van der Waals surface area contributed by atoms with Crippen LogP contribution in [0.3, 0.4) is 0 Å². The summed E-state index contributed by atoms with van der Waals surface area (Å²) in [5.74, 6) is -1.31. The number of rotatable bonds is 4. The SMILES string of the molecule is O=S(=O)(NC(F)F)c1nc2n(n1)[C@H](c1cc(F)cc(F)c1)CC2. The van der Waals surface area contributed by atoms with Gasteiger partial charge in [0.2, 0.25) is 0 Å². The van der Waals surface area contributed by atoms with E-state index in [0.717, 1.165) is 16.9 Å². The highest BCUT2D eigenvalue weighted by Gasteiger charge is 2.32. The highest BCUT2D eigenvalue weighted by Crippen LogP contribution is 2.31. The van der Waals surface area contributed by atoms with Crippen molar-refractivity contribution in [3.05, 3.63) is 41.2 Å². The topological polar surface area (TPSA) is 76.9 Å². The molecule has 0 spiro atoms. The number of hydrogen-bond donors (Lipinski definition) is 1. The third-order valence-corrected chi connectivity index (χ3v) is 4.52. The van der Waals surface area contributed by atoms with E-state index in [2.05, 4.69) is 10.1 Å². The van der Waals surface area contributed by atoms with Crippen molar-refractivity contribution in [1.82, 2.24) is 19.5 Å². The second kappa shape index (κ2) is 5.57. The molecule has 1 aromatic heterocycles. The van der Waals surface area contributed by atoms with E-state index in [4.69, 9.17) is 0 Å². The van der Waals surface area contributed by atoms with Crippen LogP contribution in [0.15, 0.2) is 23.4 Å². The number of fused-ring (bicyclic) bond motifs is 1. The standard InChI is InChI=1S/C12H10F4N4O2S/c13-7-3-6(4-8(14)5-7)9-1-2-10-17-12(18-20(9)10)23(21,22)19-11(15)16/h3-5,9,11,19H,1-2H2/t9-/m0/s1. The number of nitrogens with zero attached hydrogens (tertiary/aromatic N) is 3. The number of sulfonamides is 1. The first-order chi connectivity index (χ1) is 10.8. The Kier molecular flexibility index (Phi) is 3.84. The predicted octanol–water partition coefficient (Wildman–Crippen LogP) is 1.59. The zero-order valence-electron chi connectivity index (χ0n) is 11.4. The van der Waals surface area contributed by atoms with E-state index in [1.54, 1.807) is 0 Å². The Labute approximate surface area is 128 Å². The average molecular weight is 350 g/mol. The van der Waals surface area contributed by atoms with Gasteiger partial charge in [0.25, 0.3) is 15.2 Å². The van der Waals surface area contributed by atoms with Gasteiger partial charge in [0.05, 0.1) is 6.04 Å². The molecule has 0 amide bonds. The molecule has 3 rings (SSSR count). The van der Waals surface area contributed by atoms with Gasteiger partial charge in [-0.1, -0.05) is 0 Å². The summed E-state index contributed by atoms with van der Waals surface area (Å²) >= 11 is 0. The second-order valence-corrected chi connectivity index (χ2v) is 6.54. The van der Waals surface area contributed by atoms with Gasteiger partial charge in [-0.3, -0.25) is 0 Å². The largest absolute Gasteiger partial charge is 0.305 e. The molecule has 0 saturated carbocycles. The molecular weight excluding hydrogens is 340 g/mol. The fourth-order valence-corrected chi connectivity index (χ4v) is 3.26. The molecule has 0 radical (unpaired) electrons. The maximum absolute atomic E-state index is 13.3. The van der Waals surface area contributed by atoms with E-state index >= 15 is 0 Å². The molecular formula is C12H10F4N4O2S. The molecule has 1 aliphatic heterocycles. The third kappa shape index (κ3) is 3.06. The lowest BCUT2D eigenvalue weighted by molar-refractivity contribution is 0.136. The van der Waals surface area contributed by atoms with Gasteiger partial charge in [-0.05, 0) is 24.1 Å². The molecule has 6 nitrogen and oxygen atoms in total. The van der Waals surface area contributed by atoms with Crippen LogP contribution in [-0.4, -0.2) is 29.7 Å². The number of alkyl halides is 2. The van der Waals surface area contributed by atoms with Gasteiger partial charge in [0.15, 0.2) is 0 Å². The molecule has 23 heavy (non-hydrogen) atoms. The zero-order chi connectivity index (χ0) is 16.8. The number of benzene rings is 1. The molecule has 124 valence electrons. The van der Waals surface area contributed by atoms with E-state index in [-0.39, 0.29) is 11.4 Å². The van der Waals surface area contributed by atoms with E-state index in [1.165, 1.54) is 4.68 Å². The Morgan fingerprint density at radius 3 is 2.48 bits per heavy atom. The summed E-state index contributed by atoms with van der Waals surface area (Å²) in [4.78, 5) is 3.72. The van der Waals surface area contributed by atoms with Gasteiger partial charge < -0.3 is 0 Å². The van der Waals surface area contributed by atoms with Gasteiger partial charge >= 0.3 is 6.55 Å². The molecule has 0 saturated heterocycles. The van der Waals surface area contributed by atoms with E-state index < -0.39 is 39.4 Å². The quantitative estimate of drug-likeness (QED) is 0.671. The highest BCUT2D eigenvalue weighted by atomic mass is 32.2. The van der Waals surface area contributed by atoms with Crippen LogP contribution in [-0.2, 0) is 16.4 Å². The lowest BCUT2D eigenvalue weighted by Crippen LogP contribution is -2.29. The molecule has 1 aromatic carbocycles. The number of hydrogen-bond acceptors (Lipinski definition) is 4. The van der Waals surface area contributed by atoms with E-state index in [0.29, 0.717) is 18.9 Å². The number of aromatic nitrogens is 3. The van der Waals surface area contributed by atoms with E-state index in [9.17, 15) is 26.0 Å². The maximum Gasteiger partial charge on any atom is 0.305 e. The number of nitrogens with one attached hydrogen (secondary N) is 1. The second-order valence-electron chi connectivity index (χ2n) is 4.93. The van der Waals surface area contributed by atoms with Crippen LogP contribution in [0.1, 0.15) is 23.9 Å². The maximum atomic E-state index is 13.3. The Hall–Kier alpha value is -2.01. The van der Waals surface area contributed by atoms with Gasteiger partial charge in [-0.25, -0.2) is 26.9 Å². The first kappa shape index (κ1) is 15.9. The fourth-order valence-electron chi connectivity index (χ4n) is 2.50. The van der Waals surface area contributed by atoms with Crippen LogP contribution in [0, 0.1) is 11.6 Å². The average Bonchev–Trinajstić information content (AvgIpc) is 2.94. The van der Waals surface area contributed by atoms with E-state index in [1.807, 2.05) is 0 Å². The van der Waals surface area contributed by atoms with Crippen molar-refractivity contribution in [2.75, 3.05) is 0 Å². The van der Waals surface area contributed by atoms with Crippen molar-refractivity contribution in [3.8, 4) is 0 Å². The summed E-state index contributed by atoms with van der Waals surface area (Å²) in [6.07, 6.45) is 0.723. The van der Waals surface area contributed by atoms with Crippen LogP contribution in [0.2, 0.25) is 0 Å². The predicted molar refractivity (Wildman–Crippen MR) is 69.2 cm³/mol. The molecule has 11 heteroatoms. The van der Waals surface area contributed by atoms with Crippen molar-refractivity contribution in [2.24, 2.45) is 0 Å². The van der Waals surface area contributed by atoms with Gasteiger partial charge in [-0.2, -0.15) is 8.78 Å². The Bertz CT molecular complexity index is 832. The minimum Gasteiger partial charge on any atom is -0.241 e. The molecule has 0 aliphatic carbocycles. The minimum atomic E-state index is -4.55. The smallest absolute Gasteiger partial charge is 0.241 e. The summed E-state index contributed by atoms with van der Waals surface area (Å²) in [7, 11) is -4.55. The highest BCUT2D eigenvalue weighted by molar-refractivity contribution is 7.89. The molecule has 0 unspecified atom stereocenters. The molecule has 0 bridgehead atoms. The lowest BCUT2D eigenvalue weighted by Gasteiger charge is -2.12. The van der Waals surface area contributed by atoms with Crippen molar-refractivity contribution in [3.63, 3.8) is 0 Å². The minimum absolute atomic E-state index is 0.245. The van der Waals surface area contributed by atoms with Crippen LogP contribution in [0.25, 0.3) is 0 Å². The fraction of sp³-hybridized carbons (Fsp3) is 0.333. The van der Waals surface area contributed by atoms with Gasteiger partial charge in [0, 0.05) is 12.5 Å². The van der Waals surface area contributed by atoms with Crippen LogP contribution < -0.4 is 4.72 Å². The normalized spacial score (nSPS) is 17.7. The summed E-state index contributed by atoms with van der Waals surface area (Å²) < 4.78 is 76.6. The zero-order valence-corrected chi connectivity index (χ0v) is 12.2. The van der Waals surface area contributed by atoms with Gasteiger partial charge in [-0.15, -0.1) is 9.82 Å². The van der Waals surface area contributed by atoms with Crippen LogP contribution in [0.5, 0.6) is 0 Å². The Balaban J connectivity index is 1.98. The number of halogens is 4. The first-order valence-electron chi connectivity index (χ1n) is 6.48. The lowest BCUT2D eigenvalue weighted by atomic mass is 10.0. The summed E-state index contributed by atoms with van der Waals surface area (Å²) in [5, 5.41) is 2.91. The van der Waals surface area contributed by atoms with Crippen molar-refractivity contribution < 1.29 is 26.0 Å². The third-order valence-electron chi connectivity index (χ3n) is 3.37. The Morgan fingerprint density at radius 1 is 1.22 bits per heavy atom. The van der Waals surface area contributed by atoms with Crippen molar-refractivity contribution in [1.29, 1.82) is 0 Å². The van der Waals surface area contributed by atoms with Crippen molar-refractivity contribution in [2.45, 2.75) is 30.6 Å². The number of aryl methyl sites for hydroxylation is 1. The van der Waals surface area contributed by atoms with Crippen LogP contribution in [0.4, 0.5) is 17.6 Å². The summed E-state index contributed by atoms with van der Waals surface area (Å²) in [5.41, 5.74) is 0.261. The molecule has 2 heterocycles. The molecule has 0 fully saturated rings. The molecule has 1 aliphatic rings. The molecule has 1 atom stereocenters. The molecule has 2 aromatic rings. The van der Waals surface area contributed by atoms with Crippen molar-refractivity contribution >= 4 is 10.0 Å². The monoisotopic (exact) mass is 350 g/mol. The Morgan fingerprint density at radius 2 is 1.87 bits per heavy atom. The summed E-state index contributed by atoms with van der Waals surface area (Å²) in [6, 6.07) is 2.31. The first-order valence-corrected chi connectivity index (χ1v) is 7.96. The van der Waals surface area contributed by atoms with Gasteiger partial charge in [0.1, 0.15) is 17.5 Å². The van der Waals surface area contributed by atoms with Crippen LogP contribution >= 0.6 is 0 Å².